The highest BCUT2D eigenvalue weighted by molar-refractivity contribution is 8.22. The second kappa shape index (κ2) is 6.91. The molecule has 3 nitrogen and oxygen atoms in total. The van der Waals surface area contributed by atoms with E-state index >= 15 is 0 Å². The topological polar surface area (TPSA) is 38.3 Å². The maximum atomic E-state index is 12.3. The standard InChI is InChI=1S/C14H19NO2S3/c1-4-17-13(16)10-9-7-5-6-8(2)11(9)20-12(10)15-14(18)19-3/h8H,4-7H2,1-3H3,(H,15,18). The number of anilines is 1. The Kier molecular flexibility index (Phi) is 5.46. The van der Waals surface area contributed by atoms with Crippen LogP contribution < -0.4 is 5.32 Å². The first-order chi connectivity index (χ1) is 9.58. The van der Waals surface area contributed by atoms with Crippen molar-refractivity contribution in [2.75, 3.05) is 18.2 Å². The smallest absolute Gasteiger partial charge is 0.341 e. The van der Waals surface area contributed by atoms with Crippen LogP contribution in [-0.4, -0.2) is 23.2 Å². The second-order valence-corrected chi connectivity index (χ2v) is 7.31. The Labute approximate surface area is 133 Å². The molecule has 0 amide bonds. The van der Waals surface area contributed by atoms with Crippen LogP contribution in [-0.2, 0) is 11.2 Å². The molecule has 20 heavy (non-hydrogen) atoms. The van der Waals surface area contributed by atoms with Gasteiger partial charge in [-0.05, 0) is 43.9 Å². The molecule has 1 aromatic heterocycles. The van der Waals surface area contributed by atoms with E-state index < -0.39 is 0 Å². The molecule has 6 heteroatoms. The highest BCUT2D eigenvalue weighted by atomic mass is 32.2. The van der Waals surface area contributed by atoms with Crippen LogP contribution in [0.3, 0.4) is 0 Å². The first kappa shape index (κ1) is 15.8. The Hall–Kier alpha value is -0.590. The van der Waals surface area contributed by atoms with Gasteiger partial charge in [0, 0.05) is 4.88 Å². The molecule has 1 aromatic rings. The third kappa shape index (κ3) is 3.18. The number of rotatable bonds is 3. The molecule has 1 N–H and O–H groups in total. The minimum absolute atomic E-state index is 0.231. The molecular weight excluding hydrogens is 310 g/mol. The molecule has 1 aliphatic carbocycles. The van der Waals surface area contributed by atoms with Crippen molar-refractivity contribution in [2.24, 2.45) is 0 Å². The molecule has 0 bridgehead atoms. The van der Waals surface area contributed by atoms with Crippen molar-refractivity contribution in [1.82, 2.24) is 0 Å². The summed E-state index contributed by atoms with van der Waals surface area (Å²) in [5.41, 5.74) is 1.87. The molecule has 0 radical (unpaired) electrons. The summed E-state index contributed by atoms with van der Waals surface area (Å²) in [4.78, 5) is 13.6. The van der Waals surface area contributed by atoms with Crippen molar-refractivity contribution in [3.05, 3.63) is 16.0 Å². The number of hydrogen-bond acceptors (Lipinski definition) is 5. The number of ether oxygens (including phenoxy) is 1. The van der Waals surface area contributed by atoms with Gasteiger partial charge >= 0.3 is 5.97 Å². The molecule has 1 atom stereocenters. The van der Waals surface area contributed by atoms with E-state index in [2.05, 4.69) is 12.2 Å². The van der Waals surface area contributed by atoms with E-state index in [0.717, 1.165) is 17.8 Å². The van der Waals surface area contributed by atoms with Crippen molar-refractivity contribution in [3.63, 3.8) is 0 Å². The van der Waals surface area contributed by atoms with Crippen LogP contribution in [0.5, 0.6) is 0 Å². The van der Waals surface area contributed by atoms with E-state index in [4.69, 9.17) is 17.0 Å². The number of hydrogen-bond donors (Lipinski definition) is 1. The van der Waals surface area contributed by atoms with Gasteiger partial charge in [0.15, 0.2) is 0 Å². The molecule has 0 saturated carbocycles. The number of thioether (sulfide) groups is 1. The number of carbonyl (C=O) groups is 1. The molecule has 110 valence electrons. The highest BCUT2D eigenvalue weighted by Crippen LogP contribution is 2.43. The summed E-state index contributed by atoms with van der Waals surface area (Å²) in [6, 6.07) is 0. The lowest BCUT2D eigenvalue weighted by Crippen LogP contribution is -2.13. The van der Waals surface area contributed by atoms with Crippen LogP contribution >= 0.6 is 35.3 Å². The average Bonchev–Trinajstić information content (AvgIpc) is 2.78. The predicted octanol–water partition coefficient (Wildman–Crippen LogP) is 4.42. The third-order valence-corrected chi connectivity index (χ3v) is 5.88. The van der Waals surface area contributed by atoms with Gasteiger partial charge in [-0.1, -0.05) is 19.1 Å². The van der Waals surface area contributed by atoms with Gasteiger partial charge in [0.2, 0.25) is 0 Å². The average molecular weight is 330 g/mol. The number of nitrogens with one attached hydrogen (secondary N) is 1. The van der Waals surface area contributed by atoms with E-state index in [9.17, 15) is 4.79 Å². The predicted molar refractivity (Wildman–Crippen MR) is 91.4 cm³/mol. The first-order valence-electron chi connectivity index (χ1n) is 6.76. The van der Waals surface area contributed by atoms with E-state index in [-0.39, 0.29) is 5.97 Å². The minimum Gasteiger partial charge on any atom is -0.462 e. The molecule has 2 rings (SSSR count). The zero-order chi connectivity index (χ0) is 14.7. The zero-order valence-electron chi connectivity index (χ0n) is 11.9. The Bertz CT molecular complexity index is 525. The molecule has 0 spiro atoms. The monoisotopic (exact) mass is 329 g/mol. The van der Waals surface area contributed by atoms with Gasteiger partial charge in [0.05, 0.1) is 12.2 Å². The van der Waals surface area contributed by atoms with Gasteiger partial charge in [0.25, 0.3) is 0 Å². The number of thiophene rings is 1. The Morgan fingerprint density at radius 1 is 1.60 bits per heavy atom. The lowest BCUT2D eigenvalue weighted by Gasteiger charge is -2.18. The molecule has 1 aliphatic rings. The van der Waals surface area contributed by atoms with Crippen LogP contribution in [0.25, 0.3) is 0 Å². The largest absolute Gasteiger partial charge is 0.462 e. The summed E-state index contributed by atoms with van der Waals surface area (Å²) in [6.07, 6.45) is 5.19. The fourth-order valence-electron chi connectivity index (χ4n) is 2.50. The van der Waals surface area contributed by atoms with E-state index in [1.807, 2.05) is 13.2 Å². The van der Waals surface area contributed by atoms with Crippen molar-refractivity contribution in [2.45, 2.75) is 39.0 Å². The van der Waals surface area contributed by atoms with Crippen LogP contribution in [0.2, 0.25) is 0 Å². The van der Waals surface area contributed by atoms with Crippen molar-refractivity contribution >= 4 is 50.6 Å². The Morgan fingerprint density at radius 3 is 3.00 bits per heavy atom. The number of carbonyl (C=O) groups excluding carboxylic acids is 1. The summed E-state index contributed by atoms with van der Waals surface area (Å²) >= 11 is 8.35. The molecule has 1 heterocycles. The van der Waals surface area contributed by atoms with Gasteiger partial charge in [-0.25, -0.2) is 4.79 Å². The normalized spacial score (nSPS) is 17.4. The summed E-state index contributed by atoms with van der Waals surface area (Å²) < 4.78 is 5.90. The van der Waals surface area contributed by atoms with E-state index in [1.165, 1.54) is 28.6 Å². The Balaban J connectivity index is 2.43. The first-order valence-corrected chi connectivity index (χ1v) is 9.21. The lowest BCUT2D eigenvalue weighted by molar-refractivity contribution is 0.0526. The SMILES string of the molecule is CCOC(=O)c1c(NC(=S)SC)sc2c1CCCC2C. The molecule has 0 aromatic carbocycles. The molecule has 0 saturated heterocycles. The summed E-state index contributed by atoms with van der Waals surface area (Å²) in [7, 11) is 0. The number of fused-ring (bicyclic) bond motifs is 1. The Morgan fingerprint density at radius 2 is 2.35 bits per heavy atom. The van der Waals surface area contributed by atoms with Gasteiger partial charge in [-0.2, -0.15) is 0 Å². The fraction of sp³-hybridized carbons (Fsp3) is 0.571. The van der Waals surface area contributed by atoms with Crippen LogP contribution in [0, 0.1) is 0 Å². The maximum absolute atomic E-state index is 12.3. The van der Waals surface area contributed by atoms with Gasteiger partial charge in [-0.15, -0.1) is 23.1 Å². The summed E-state index contributed by atoms with van der Waals surface area (Å²) in [5, 5.41) is 4.04. The number of thiocarbonyl (C=S) groups is 1. The van der Waals surface area contributed by atoms with Crippen LogP contribution in [0.15, 0.2) is 0 Å². The van der Waals surface area contributed by atoms with E-state index in [1.54, 1.807) is 11.3 Å². The molecule has 1 unspecified atom stereocenters. The highest BCUT2D eigenvalue weighted by Gasteiger charge is 2.29. The fourth-order valence-corrected chi connectivity index (χ4v) is 4.26. The molecule has 0 aliphatic heterocycles. The quantitative estimate of drug-likeness (QED) is 0.656. The minimum atomic E-state index is -0.231. The van der Waals surface area contributed by atoms with Gasteiger partial charge < -0.3 is 10.1 Å². The third-order valence-electron chi connectivity index (χ3n) is 3.43. The van der Waals surface area contributed by atoms with Crippen molar-refractivity contribution < 1.29 is 9.53 Å². The van der Waals surface area contributed by atoms with Crippen LogP contribution in [0.4, 0.5) is 5.00 Å². The van der Waals surface area contributed by atoms with Gasteiger partial charge in [0.1, 0.15) is 9.32 Å². The molecule has 0 fully saturated rings. The number of esters is 1. The second-order valence-electron chi connectivity index (χ2n) is 4.78. The van der Waals surface area contributed by atoms with Crippen LogP contribution in [0.1, 0.15) is 53.4 Å². The van der Waals surface area contributed by atoms with Crippen molar-refractivity contribution in [3.8, 4) is 0 Å². The summed E-state index contributed by atoms with van der Waals surface area (Å²) in [6.45, 7) is 4.45. The zero-order valence-corrected chi connectivity index (χ0v) is 14.4. The van der Waals surface area contributed by atoms with E-state index in [0.29, 0.717) is 22.4 Å². The summed E-state index contributed by atoms with van der Waals surface area (Å²) in [5.74, 6) is 0.279. The van der Waals surface area contributed by atoms with Crippen molar-refractivity contribution in [1.29, 1.82) is 0 Å². The lowest BCUT2D eigenvalue weighted by atomic mass is 9.88. The molecular formula is C14H19NO2S3. The maximum Gasteiger partial charge on any atom is 0.341 e. The van der Waals surface area contributed by atoms with Gasteiger partial charge in [-0.3, -0.25) is 0 Å².